The third kappa shape index (κ3) is 6.36. The van der Waals surface area contributed by atoms with Crippen LogP contribution in [0.15, 0.2) is 0 Å². The summed E-state index contributed by atoms with van der Waals surface area (Å²) >= 11 is 0. The van der Waals surface area contributed by atoms with Crippen LogP contribution in [0.3, 0.4) is 0 Å². The molecule has 0 aromatic carbocycles. The van der Waals surface area contributed by atoms with E-state index in [1.165, 1.54) is 12.8 Å². The summed E-state index contributed by atoms with van der Waals surface area (Å²) in [6.07, 6.45) is 5.56. The fourth-order valence-corrected chi connectivity index (χ4v) is 2.73. The van der Waals surface area contributed by atoms with Crippen LogP contribution in [0.1, 0.15) is 53.4 Å². The lowest BCUT2D eigenvalue weighted by Gasteiger charge is -2.37. The molecule has 0 saturated carbocycles. The minimum atomic E-state index is -0.258. The zero-order valence-corrected chi connectivity index (χ0v) is 13.9. The van der Waals surface area contributed by atoms with Gasteiger partial charge in [-0.3, -0.25) is 0 Å². The average molecular weight is 283 g/mol. The second-order valence-corrected chi connectivity index (χ2v) is 7.28. The van der Waals surface area contributed by atoms with Crippen molar-refractivity contribution in [2.75, 3.05) is 32.8 Å². The highest BCUT2D eigenvalue weighted by Gasteiger charge is 2.34. The average Bonchev–Trinajstić information content (AvgIpc) is 2.42. The van der Waals surface area contributed by atoms with Crippen LogP contribution < -0.4 is 0 Å². The van der Waals surface area contributed by atoms with Crippen LogP contribution in [-0.2, 0) is 9.53 Å². The van der Waals surface area contributed by atoms with Gasteiger partial charge in [0.1, 0.15) is 6.29 Å². The quantitative estimate of drug-likeness (QED) is 0.608. The van der Waals surface area contributed by atoms with Gasteiger partial charge in [-0.25, -0.2) is 0 Å². The van der Waals surface area contributed by atoms with Crippen molar-refractivity contribution in [3.63, 3.8) is 0 Å². The van der Waals surface area contributed by atoms with E-state index < -0.39 is 0 Å². The van der Waals surface area contributed by atoms with Crippen LogP contribution >= 0.6 is 0 Å². The Kier molecular flexibility index (Phi) is 7.75. The molecule has 0 aromatic heterocycles. The van der Waals surface area contributed by atoms with E-state index in [1.54, 1.807) is 0 Å². The Bertz CT molecular complexity index is 258. The van der Waals surface area contributed by atoms with Crippen LogP contribution in [0, 0.1) is 17.3 Å². The molecule has 1 saturated heterocycles. The number of carbonyl (C=O) groups is 1. The van der Waals surface area contributed by atoms with Crippen LogP contribution in [0.25, 0.3) is 0 Å². The minimum Gasteiger partial charge on any atom is -0.380 e. The molecule has 1 heterocycles. The van der Waals surface area contributed by atoms with Crippen LogP contribution in [-0.4, -0.2) is 44.0 Å². The molecule has 1 aliphatic heterocycles. The highest BCUT2D eigenvalue weighted by Crippen LogP contribution is 2.28. The Morgan fingerprint density at radius 1 is 1.15 bits per heavy atom. The molecule has 0 spiro atoms. The Hall–Kier alpha value is -0.410. The van der Waals surface area contributed by atoms with E-state index in [0.29, 0.717) is 18.4 Å². The molecule has 1 fully saturated rings. The van der Waals surface area contributed by atoms with E-state index in [-0.39, 0.29) is 5.41 Å². The van der Waals surface area contributed by atoms with Gasteiger partial charge in [0.05, 0.1) is 12.0 Å². The molecule has 0 amide bonds. The van der Waals surface area contributed by atoms with Gasteiger partial charge in [-0.2, -0.15) is 0 Å². The number of hydrogen-bond donors (Lipinski definition) is 0. The van der Waals surface area contributed by atoms with Gasteiger partial charge in [-0.05, 0) is 50.6 Å². The highest BCUT2D eigenvalue weighted by molar-refractivity contribution is 5.60. The van der Waals surface area contributed by atoms with E-state index in [0.717, 1.165) is 45.4 Å². The van der Waals surface area contributed by atoms with E-state index in [4.69, 9.17) is 4.74 Å². The van der Waals surface area contributed by atoms with Gasteiger partial charge >= 0.3 is 0 Å². The van der Waals surface area contributed by atoms with Gasteiger partial charge < -0.3 is 14.4 Å². The van der Waals surface area contributed by atoms with Gasteiger partial charge in [0.15, 0.2) is 0 Å². The molecule has 0 aliphatic carbocycles. The van der Waals surface area contributed by atoms with E-state index in [1.807, 2.05) is 0 Å². The second kappa shape index (κ2) is 8.78. The zero-order valence-electron chi connectivity index (χ0n) is 13.9. The number of rotatable bonds is 9. The normalized spacial score (nSPS) is 23.8. The first kappa shape index (κ1) is 17.6. The number of aldehydes is 1. The molecule has 1 unspecified atom stereocenters. The first-order valence-electron chi connectivity index (χ1n) is 8.24. The Morgan fingerprint density at radius 3 is 2.15 bits per heavy atom. The Balaban J connectivity index is 2.57. The molecule has 1 rings (SSSR count). The van der Waals surface area contributed by atoms with Gasteiger partial charge in [0, 0.05) is 13.2 Å². The summed E-state index contributed by atoms with van der Waals surface area (Å²) in [6.45, 7) is 13.5. The zero-order chi connectivity index (χ0) is 15.0. The van der Waals surface area contributed by atoms with Crippen molar-refractivity contribution in [1.82, 2.24) is 4.90 Å². The van der Waals surface area contributed by atoms with Gasteiger partial charge in [0.25, 0.3) is 0 Å². The summed E-state index contributed by atoms with van der Waals surface area (Å²) in [6, 6.07) is 0. The number of nitrogens with zero attached hydrogens (tertiary/aromatic N) is 1. The molecule has 1 aliphatic rings. The van der Waals surface area contributed by atoms with Crippen molar-refractivity contribution < 1.29 is 9.53 Å². The van der Waals surface area contributed by atoms with Gasteiger partial charge in [-0.15, -0.1) is 0 Å². The molecule has 0 bridgehead atoms. The highest BCUT2D eigenvalue weighted by atomic mass is 16.5. The summed E-state index contributed by atoms with van der Waals surface area (Å²) < 4.78 is 5.57. The molecule has 118 valence electrons. The monoisotopic (exact) mass is 283 g/mol. The number of hydrogen-bond acceptors (Lipinski definition) is 3. The molecule has 0 radical (unpaired) electrons. The van der Waals surface area contributed by atoms with Crippen LogP contribution in [0.2, 0.25) is 0 Å². The maximum Gasteiger partial charge on any atom is 0.129 e. The lowest BCUT2D eigenvalue weighted by molar-refractivity contribution is -0.125. The van der Waals surface area contributed by atoms with Crippen molar-refractivity contribution in [2.45, 2.75) is 53.4 Å². The third-order valence-electron chi connectivity index (χ3n) is 4.19. The number of carbonyl (C=O) groups excluding carboxylic acids is 1. The van der Waals surface area contributed by atoms with Crippen molar-refractivity contribution >= 4 is 6.29 Å². The van der Waals surface area contributed by atoms with Crippen LogP contribution in [0.5, 0.6) is 0 Å². The summed E-state index contributed by atoms with van der Waals surface area (Å²) in [5, 5.41) is 0. The lowest BCUT2D eigenvalue weighted by atomic mass is 9.83. The maximum absolute atomic E-state index is 11.6. The SMILES string of the molecule is CC(C)CCN(CCC(C)C)CC1(C=O)CCCOC1. The molecule has 20 heavy (non-hydrogen) atoms. The Morgan fingerprint density at radius 2 is 1.75 bits per heavy atom. The summed E-state index contributed by atoms with van der Waals surface area (Å²) in [5.74, 6) is 1.43. The molecular formula is C17H33NO2. The second-order valence-electron chi connectivity index (χ2n) is 7.28. The maximum atomic E-state index is 11.6. The van der Waals surface area contributed by atoms with Gasteiger partial charge in [-0.1, -0.05) is 27.7 Å². The summed E-state index contributed by atoms with van der Waals surface area (Å²) in [4.78, 5) is 14.1. The van der Waals surface area contributed by atoms with Crippen LogP contribution in [0.4, 0.5) is 0 Å². The third-order valence-corrected chi connectivity index (χ3v) is 4.19. The number of ether oxygens (including phenoxy) is 1. The van der Waals surface area contributed by atoms with Gasteiger partial charge in [0.2, 0.25) is 0 Å². The first-order valence-corrected chi connectivity index (χ1v) is 8.24. The van der Waals surface area contributed by atoms with Crippen molar-refractivity contribution in [2.24, 2.45) is 17.3 Å². The molecule has 0 N–H and O–H groups in total. The van der Waals surface area contributed by atoms with Crippen molar-refractivity contribution in [3.05, 3.63) is 0 Å². The van der Waals surface area contributed by atoms with E-state index in [2.05, 4.69) is 32.6 Å². The topological polar surface area (TPSA) is 29.5 Å². The Labute approximate surface area is 125 Å². The summed E-state index contributed by atoms with van der Waals surface area (Å²) in [7, 11) is 0. The lowest BCUT2D eigenvalue weighted by Crippen LogP contribution is -2.45. The standard InChI is InChI=1S/C17H33NO2/c1-15(2)6-9-18(10-7-16(3)4)12-17(13-19)8-5-11-20-14-17/h13,15-16H,5-12,14H2,1-4H3. The summed E-state index contributed by atoms with van der Waals surface area (Å²) in [5.41, 5.74) is -0.258. The van der Waals surface area contributed by atoms with Crippen molar-refractivity contribution in [3.8, 4) is 0 Å². The van der Waals surface area contributed by atoms with E-state index >= 15 is 0 Å². The minimum absolute atomic E-state index is 0.258. The fourth-order valence-electron chi connectivity index (χ4n) is 2.73. The molecule has 0 aromatic rings. The van der Waals surface area contributed by atoms with Crippen molar-refractivity contribution in [1.29, 1.82) is 0 Å². The first-order chi connectivity index (χ1) is 9.47. The molecule has 3 heteroatoms. The molecule has 1 atom stereocenters. The largest absolute Gasteiger partial charge is 0.380 e. The fraction of sp³-hybridized carbons (Fsp3) is 0.941. The van der Waals surface area contributed by atoms with E-state index in [9.17, 15) is 4.79 Å². The molecule has 3 nitrogen and oxygen atoms in total. The molecular weight excluding hydrogens is 250 g/mol. The predicted octanol–water partition coefficient (Wildman–Crippen LogP) is 3.38. The predicted molar refractivity (Wildman–Crippen MR) is 83.9 cm³/mol. The smallest absolute Gasteiger partial charge is 0.129 e.